The number of hydrogen-bond donors (Lipinski definition) is 2. The molecular weight excluding hydrogens is 340 g/mol. The van der Waals surface area contributed by atoms with Crippen LogP contribution in [0, 0.1) is 20.8 Å². The van der Waals surface area contributed by atoms with Crippen molar-refractivity contribution in [2.75, 3.05) is 0 Å². The monoisotopic (exact) mass is 358 g/mol. The van der Waals surface area contributed by atoms with Gasteiger partial charge in [0.2, 0.25) is 0 Å². The number of rotatable bonds is 2. The van der Waals surface area contributed by atoms with E-state index in [1.165, 1.54) is 12.1 Å². The molecule has 0 heterocycles. The van der Waals surface area contributed by atoms with Crippen LogP contribution in [0.5, 0.6) is 0 Å². The quantitative estimate of drug-likeness (QED) is 0.799. The first-order valence-corrected chi connectivity index (χ1v) is 9.39. The minimum atomic E-state index is -4.06. The Morgan fingerprint density at radius 2 is 1.09 bits per heavy atom. The molecule has 0 aliphatic carbocycles. The molecule has 6 nitrogen and oxygen atoms in total. The second-order valence-corrected chi connectivity index (χ2v) is 7.69. The molecule has 0 amide bonds. The minimum absolute atomic E-state index is 0.0116. The highest BCUT2D eigenvalue weighted by Crippen LogP contribution is 2.17. The molecule has 0 fully saturated rings. The van der Waals surface area contributed by atoms with Crippen LogP contribution in [0.3, 0.4) is 0 Å². The fourth-order valence-corrected chi connectivity index (χ4v) is 3.37. The molecule has 0 radical (unpaired) electrons. The van der Waals surface area contributed by atoms with Gasteiger partial charge in [-0.1, -0.05) is 30.3 Å². The summed E-state index contributed by atoms with van der Waals surface area (Å²) in [6.45, 7) is 5.09. The maximum absolute atomic E-state index is 10.8. The molecule has 0 bridgehead atoms. The van der Waals surface area contributed by atoms with Crippen LogP contribution in [0.1, 0.15) is 16.7 Å². The first kappa shape index (κ1) is 19.3. The molecule has 0 spiro atoms. The topological polar surface area (TPSA) is 109 Å². The zero-order chi connectivity index (χ0) is 17.8. The molecular formula is C15H18O6S2. The van der Waals surface area contributed by atoms with Crippen molar-refractivity contribution in [2.24, 2.45) is 0 Å². The molecule has 2 aromatic rings. The van der Waals surface area contributed by atoms with Gasteiger partial charge in [0.05, 0.1) is 9.79 Å². The van der Waals surface area contributed by atoms with Gasteiger partial charge in [0.25, 0.3) is 20.2 Å². The van der Waals surface area contributed by atoms with Gasteiger partial charge < -0.3 is 0 Å². The molecule has 0 aliphatic rings. The van der Waals surface area contributed by atoms with Crippen LogP contribution in [0.4, 0.5) is 0 Å². The second kappa shape index (κ2) is 7.22. The van der Waals surface area contributed by atoms with Crippen molar-refractivity contribution in [1.29, 1.82) is 0 Å². The van der Waals surface area contributed by atoms with Crippen LogP contribution in [0.25, 0.3) is 0 Å². The van der Waals surface area contributed by atoms with Gasteiger partial charge >= 0.3 is 0 Å². The molecule has 2 N–H and O–H groups in total. The molecule has 2 rings (SSSR count). The average Bonchev–Trinajstić information content (AvgIpc) is 2.40. The van der Waals surface area contributed by atoms with Gasteiger partial charge in [-0.15, -0.1) is 0 Å². The lowest BCUT2D eigenvalue weighted by atomic mass is 10.1. The highest BCUT2D eigenvalue weighted by atomic mass is 32.2. The Bertz CT molecular complexity index is 899. The van der Waals surface area contributed by atoms with Crippen molar-refractivity contribution >= 4 is 20.2 Å². The lowest BCUT2D eigenvalue weighted by Crippen LogP contribution is -2.01. The number of benzene rings is 2. The fourth-order valence-electron chi connectivity index (χ4n) is 1.85. The van der Waals surface area contributed by atoms with E-state index in [4.69, 9.17) is 9.11 Å². The van der Waals surface area contributed by atoms with E-state index < -0.39 is 20.2 Å². The third-order valence-corrected chi connectivity index (χ3v) is 5.22. The van der Waals surface area contributed by atoms with Crippen molar-refractivity contribution in [1.82, 2.24) is 0 Å². The van der Waals surface area contributed by atoms with Gasteiger partial charge in [0.1, 0.15) is 0 Å². The lowest BCUT2D eigenvalue weighted by molar-refractivity contribution is 0.480. The Morgan fingerprint density at radius 3 is 1.48 bits per heavy atom. The Hall–Kier alpha value is -1.74. The van der Waals surface area contributed by atoms with E-state index in [2.05, 4.69) is 0 Å². The van der Waals surface area contributed by atoms with E-state index in [0.29, 0.717) is 11.1 Å². The summed E-state index contributed by atoms with van der Waals surface area (Å²) in [5.41, 5.74) is 2.00. The first-order chi connectivity index (χ1) is 10.4. The predicted octanol–water partition coefficient (Wildman–Crippen LogP) is 2.79. The molecule has 2 aromatic carbocycles. The van der Waals surface area contributed by atoms with Gasteiger partial charge in [-0.25, -0.2) is 0 Å². The third-order valence-electron chi connectivity index (χ3n) is 3.20. The van der Waals surface area contributed by atoms with Crippen LogP contribution in [0.2, 0.25) is 0 Å². The molecule has 0 unspecified atom stereocenters. The Labute approximate surface area is 136 Å². The highest BCUT2D eigenvalue weighted by Gasteiger charge is 2.13. The van der Waals surface area contributed by atoms with Gasteiger partial charge in [-0.2, -0.15) is 16.8 Å². The van der Waals surface area contributed by atoms with E-state index in [1.54, 1.807) is 51.1 Å². The van der Waals surface area contributed by atoms with Crippen LogP contribution in [0.15, 0.2) is 52.3 Å². The summed E-state index contributed by atoms with van der Waals surface area (Å²) in [5, 5.41) is 0. The van der Waals surface area contributed by atoms with Gasteiger partial charge in [-0.3, -0.25) is 9.11 Å². The van der Waals surface area contributed by atoms with Gasteiger partial charge in [-0.05, 0) is 49.6 Å². The van der Waals surface area contributed by atoms with Crippen molar-refractivity contribution in [3.63, 3.8) is 0 Å². The first-order valence-electron chi connectivity index (χ1n) is 6.51. The summed E-state index contributed by atoms with van der Waals surface area (Å²) in [7, 11) is -8.09. The van der Waals surface area contributed by atoms with Crippen molar-refractivity contribution in [2.45, 2.75) is 30.6 Å². The smallest absolute Gasteiger partial charge is 0.282 e. The zero-order valence-electron chi connectivity index (χ0n) is 12.9. The lowest BCUT2D eigenvalue weighted by Gasteiger charge is -2.03. The number of hydrogen-bond acceptors (Lipinski definition) is 4. The van der Waals surface area contributed by atoms with Gasteiger partial charge in [0.15, 0.2) is 0 Å². The minimum Gasteiger partial charge on any atom is -0.282 e. The maximum atomic E-state index is 10.8. The third kappa shape index (κ3) is 5.43. The van der Waals surface area contributed by atoms with Crippen LogP contribution < -0.4 is 0 Å². The van der Waals surface area contributed by atoms with Crippen LogP contribution in [-0.4, -0.2) is 25.9 Å². The Balaban J connectivity index is 0.000000231. The standard InChI is InChI=1S/C8H10O3S.C7H8O3S/c1-6-4-3-5-8(7(6)2)12(9,10)11;1-6-4-2-3-5-7(6)11(8,9)10/h3-5H,1-2H3,(H,9,10,11);2-5H,1H3,(H,8,9,10). The van der Waals surface area contributed by atoms with E-state index in [0.717, 1.165) is 5.56 Å². The van der Waals surface area contributed by atoms with E-state index >= 15 is 0 Å². The molecule has 8 heteroatoms. The summed E-state index contributed by atoms with van der Waals surface area (Å²) in [6.07, 6.45) is 0. The molecule has 0 aromatic heterocycles. The van der Waals surface area contributed by atoms with E-state index in [-0.39, 0.29) is 9.79 Å². The molecule has 126 valence electrons. The fraction of sp³-hybridized carbons (Fsp3) is 0.200. The normalized spacial score (nSPS) is 11.5. The molecule has 0 saturated carbocycles. The SMILES string of the molecule is Cc1cccc(S(=O)(=O)O)c1C.Cc1ccccc1S(=O)(=O)O. The van der Waals surface area contributed by atoms with Gasteiger partial charge in [0, 0.05) is 0 Å². The van der Waals surface area contributed by atoms with Crippen LogP contribution >= 0.6 is 0 Å². The van der Waals surface area contributed by atoms with Crippen molar-refractivity contribution in [3.8, 4) is 0 Å². The number of aryl methyl sites for hydroxylation is 2. The van der Waals surface area contributed by atoms with E-state index in [9.17, 15) is 16.8 Å². The Kier molecular flexibility index (Phi) is 6.06. The summed E-state index contributed by atoms with van der Waals surface area (Å²) in [4.78, 5) is -0.0394. The van der Waals surface area contributed by atoms with E-state index in [1.807, 2.05) is 0 Å². The van der Waals surface area contributed by atoms with Crippen molar-refractivity contribution in [3.05, 3.63) is 59.2 Å². The molecule has 0 saturated heterocycles. The summed E-state index contributed by atoms with van der Waals surface area (Å²) in [6, 6.07) is 11.1. The molecule has 23 heavy (non-hydrogen) atoms. The van der Waals surface area contributed by atoms with Crippen molar-refractivity contribution < 1.29 is 25.9 Å². The molecule has 0 atom stereocenters. The summed E-state index contributed by atoms with van der Waals surface area (Å²) in [5.74, 6) is 0. The second-order valence-electron chi connectivity index (χ2n) is 4.91. The highest BCUT2D eigenvalue weighted by molar-refractivity contribution is 7.86. The summed E-state index contributed by atoms with van der Waals surface area (Å²) < 4.78 is 60.2. The largest absolute Gasteiger partial charge is 0.294 e. The Morgan fingerprint density at radius 1 is 0.652 bits per heavy atom. The maximum Gasteiger partial charge on any atom is 0.294 e. The zero-order valence-corrected chi connectivity index (χ0v) is 14.5. The predicted molar refractivity (Wildman–Crippen MR) is 86.7 cm³/mol. The summed E-state index contributed by atoms with van der Waals surface area (Å²) >= 11 is 0. The average molecular weight is 358 g/mol. The molecule has 0 aliphatic heterocycles. The van der Waals surface area contributed by atoms with Crippen LogP contribution in [-0.2, 0) is 20.2 Å².